The zero-order valence-electron chi connectivity index (χ0n) is 13.0. The lowest BCUT2D eigenvalue weighted by molar-refractivity contribution is 0.0416. The van der Waals surface area contributed by atoms with Crippen LogP contribution in [0.25, 0.3) is 0 Å². The third-order valence-electron chi connectivity index (χ3n) is 7.00. The molecule has 0 radical (unpaired) electrons. The quantitative estimate of drug-likeness (QED) is 0.670. The van der Waals surface area contributed by atoms with E-state index in [2.05, 4.69) is 26.0 Å². The van der Waals surface area contributed by atoms with Crippen LogP contribution in [-0.2, 0) is 0 Å². The Hall–Kier alpha value is -0.860. The highest BCUT2D eigenvalue weighted by Gasteiger charge is 2.52. The first-order valence-corrected chi connectivity index (χ1v) is 8.41. The first-order valence-electron chi connectivity index (χ1n) is 8.41. The first-order chi connectivity index (χ1) is 9.95. The molecule has 2 nitrogen and oxygen atoms in total. The van der Waals surface area contributed by atoms with Gasteiger partial charge >= 0.3 is 0 Å². The van der Waals surface area contributed by atoms with Crippen LogP contribution in [-0.4, -0.2) is 22.4 Å². The van der Waals surface area contributed by atoms with Crippen LogP contribution in [0.2, 0.25) is 0 Å². The summed E-state index contributed by atoms with van der Waals surface area (Å²) in [7, 11) is 0. The van der Waals surface area contributed by atoms with Crippen LogP contribution in [0, 0.1) is 22.7 Å². The van der Waals surface area contributed by atoms with Crippen molar-refractivity contribution in [2.75, 3.05) is 0 Å². The molecule has 0 saturated carbocycles. The molecule has 4 aliphatic rings. The van der Waals surface area contributed by atoms with Crippen LogP contribution < -0.4 is 0 Å². The normalized spacial score (nSPS) is 51.6. The summed E-state index contributed by atoms with van der Waals surface area (Å²) in [5, 5.41) is 20.3. The largest absolute Gasteiger partial charge is 0.389 e. The Balaban J connectivity index is 1.80. The first kappa shape index (κ1) is 13.8. The third kappa shape index (κ3) is 1.72. The Labute approximate surface area is 127 Å². The highest BCUT2D eigenvalue weighted by atomic mass is 16.3. The van der Waals surface area contributed by atoms with Crippen LogP contribution in [0.4, 0.5) is 0 Å². The van der Waals surface area contributed by atoms with Crippen molar-refractivity contribution >= 4 is 0 Å². The molecule has 114 valence electrons. The van der Waals surface area contributed by atoms with Gasteiger partial charge in [-0.05, 0) is 38.0 Å². The Kier molecular flexibility index (Phi) is 2.84. The van der Waals surface area contributed by atoms with Crippen molar-refractivity contribution < 1.29 is 10.2 Å². The molecule has 1 unspecified atom stereocenters. The fourth-order valence-electron chi connectivity index (χ4n) is 5.48. The van der Waals surface area contributed by atoms with Crippen molar-refractivity contribution in [3.05, 3.63) is 35.5 Å². The maximum Gasteiger partial charge on any atom is 0.0783 e. The Morgan fingerprint density at radius 2 is 1.90 bits per heavy atom. The molecule has 0 aromatic rings. The predicted octanol–water partition coefficient (Wildman–Crippen LogP) is 3.37. The summed E-state index contributed by atoms with van der Waals surface area (Å²) in [4.78, 5) is 0. The molecule has 2 N–H and O–H groups in total. The molecule has 4 aliphatic carbocycles. The molecule has 0 aliphatic heterocycles. The number of allylic oxidation sites excluding steroid dienone is 4. The molecule has 0 heterocycles. The van der Waals surface area contributed by atoms with Gasteiger partial charge in [0.15, 0.2) is 0 Å². The summed E-state index contributed by atoms with van der Waals surface area (Å²) in [6.07, 6.45) is 13.4. The van der Waals surface area contributed by atoms with Crippen molar-refractivity contribution in [1.82, 2.24) is 0 Å². The smallest absolute Gasteiger partial charge is 0.0783 e. The minimum absolute atomic E-state index is 0.0138. The predicted molar refractivity (Wildman–Crippen MR) is 83.6 cm³/mol. The molecular weight excluding hydrogens is 260 g/mol. The lowest BCUT2D eigenvalue weighted by Crippen LogP contribution is -2.44. The maximum atomic E-state index is 10.3. The minimum Gasteiger partial charge on any atom is -0.389 e. The lowest BCUT2D eigenvalue weighted by Gasteiger charge is -2.52. The van der Waals surface area contributed by atoms with E-state index in [-0.39, 0.29) is 23.0 Å². The van der Waals surface area contributed by atoms with E-state index in [1.165, 1.54) is 6.42 Å². The van der Waals surface area contributed by atoms with Gasteiger partial charge in [-0.3, -0.25) is 0 Å². The second-order valence-electron chi connectivity index (χ2n) is 8.00. The molecule has 0 aromatic carbocycles. The maximum absolute atomic E-state index is 10.3. The van der Waals surface area contributed by atoms with Crippen molar-refractivity contribution in [1.29, 1.82) is 0 Å². The van der Waals surface area contributed by atoms with E-state index in [4.69, 9.17) is 0 Å². The monoisotopic (exact) mass is 286 g/mol. The van der Waals surface area contributed by atoms with Gasteiger partial charge in [-0.1, -0.05) is 49.3 Å². The highest BCUT2D eigenvalue weighted by Crippen LogP contribution is 2.60. The van der Waals surface area contributed by atoms with Crippen LogP contribution in [0.1, 0.15) is 46.0 Å². The molecule has 0 fully saturated rings. The van der Waals surface area contributed by atoms with Gasteiger partial charge in [0, 0.05) is 16.7 Å². The molecule has 4 rings (SSSR count). The standard InChI is InChI=1S/C19H26O2/c1-18-9-7-13(20)11-12(18)3-4-14-15-5-6-17(21)19(15,2)10-8-16(14)18/h5-7,9,12-13,15,17,20-21H,3-4,8,10-11H2,1-2H3/t12?,13-,15-,17-,18-,19-/m0/s1. The second kappa shape index (κ2) is 4.33. The molecular formula is C19H26O2. The van der Waals surface area contributed by atoms with Gasteiger partial charge in [0.25, 0.3) is 0 Å². The molecule has 6 atom stereocenters. The Bertz CT molecular complexity index is 558. The van der Waals surface area contributed by atoms with Gasteiger partial charge in [-0.25, -0.2) is 0 Å². The van der Waals surface area contributed by atoms with Gasteiger partial charge in [-0.15, -0.1) is 0 Å². The van der Waals surface area contributed by atoms with Gasteiger partial charge in [-0.2, -0.15) is 0 Å². The van der Waals surface area contributed by atoms with E-state index in [0.717, 1.165) is 25.7 Å². The van der Waals surface area contributed by atoms with E-state index in [0.29, 0.717) is 11.8 Å². The van der Waals surface area contributed by atoms with E-state index < -0.39 is 0 Å². The summed E-state index contributed by atoms with van der Waals surface area (Å²) in [6.45, 7) is 4.62. The van der Waals surface area contributed by atoms with Crippen molar-refractivity contribution in [2.45, 2.75) is 58.2 Å². The van der Waals surface area contributed by atoms with Gasteiger partial charge < -0.3 is 10.2 Å². The average Bonchev–Trinajstić information content (AvgIpc) is 2.76. The topological polar surface area (TPSA) is 40.5 Å². The van der Waals surface area contributed by atoms with Crippen LogP contribution in [0.3, 0.4) is 0 Å². The third-order valence-corrected chi connectivity index (χ3v) is 7.00. The zero-order valence-corrected chi connectivity index (χ0v) is 13.0. The fraction of sp³-hybridized carbons (Fsp3) is 0.684. The van der Waals surface area contributed by atoms with Crippen LogP contribution in [0.5, 0.6) is 0 Å². The average molecular weight is 286 g/mol. The number of rotatable bonds is 0. The van der Waals surface area contributed by atoms with Gasteiger partial charge in [0.2, 0.25) is 0 Å². The summed E-state index contributed by atoms with van der Waals surface area (Å²) < 4.78 is 0. The molecule has 0 aromatic heterocycles. The molecule has 2 heteroatoms. The van der Waals surface area contributed by atoms with Crippen molar-refractivity contribution in [2.24, 2.45) is 22.7 Å². The number of aliphatic hydroxyl groups excluding tert-OH is 2. The summed E-state index contributed by atoms with van der Waals surface area (Å²) in [6, 6.07) is 0. The number of hydrogen-bond donors (Lipinski definition) is 2. The SMILES string of the molecule is C[C@]12CCC3=C(CCC4C[C@@H](O)C=C[C@]34C)[C@@H]1C=C[C@@H]2O. The lowest BCUT2D eigenvalue weighted by atomic mass is 9.53. The van der Waals surface area contributed by atoms with Gasteiger partial charge in [0.1, 0.15) is 0 Å². The van der Waals surface area contributed by atoms with E-state index in [1.807, 2.05) is 12.2 Å². The van der Waals surface area contributed by atoms with Crippen LogP contribution in [0.15, 0.2) is 35.5 Å². The van der Waals surface area contributed by atoms with Gasteiger partial charge in [0.05, 0.1) is 12.2 Å². The van der Waals surface area contributed by atoms with Crippen molar-refractivity contribution in [3.63, 3.8) is 0 Å². The number of hydrogen-bond acceptors (Lipinski definition) is 2. The highest BCUT2D eigenvalue weighted by molar-refractivity contribution is 5.41. The number of aliphatic hydroxyl groups is 2. The summed E-state index contributed by atoms with van der Waals surface area (Å²) in [5.41, 5.74) is 3.36. The zero-order chi connectivity index (χ0) is 14.8. The molecule has 0 saturated heterocycles. The number of fused-ring (bicyclic) bond motifs is 4. The fourth-order valence-corrected chi connectivity index (χ4v) is 5.48. The molecule has 21 heavy (non-hydrogen) atoms. The van der Waals surface area contributed by atoms with Crippen molar-refractivity contribution in [3.8, 4) is 0 Å². The summed E-state index contributed by atoms with van der Waals surface area (Å²) in [5.74, 6) is 1.00. The van der Waals surface area contributed by atoms with E-state index in [9.17, 15) is 10.2 Å². The minimum atomic E-state index is -0.286. The Morgan fingerprint density at radius 3 is 2.71 bits per heavy atom. The molecule has 0 amide bonds. The van der Waals surface area contributed by atoms with E-state index >= 15 is 0 Å². The summed E-state index contributed by atoms with van der Waals surface area (Å²) >= 11 is 0. The molecule has 0 bridgehead atoms. The molecule has 0 spiro atoms. The second-order valence-corrected chi connectivity index (χ2v) is 8.00. The Morgan fingerprint density at radius 1 is 1.10 bits per heavy atom. The van der Waals surface area contributed by atoms with E-state index in [1.54, 1.807) is 11.1 Å². The van der Waals surface area contributed by atoms with Crippen LogP contribution >= 0.6 is 0 Å².